The van der Waals surface area contributed by atoms with Crippen LogP contribution < -0.4 is 5.32 Å². The molecule has 0 spiro atoms. The molecule has 0 heterocycles. The zero-order valence-corrected chi connectivity index (χ0v) is 12.7. The van der Waals surface area contributed by atoms with Gasteiger partial charge in [0.1, 0.15) is 5.82 Å². The molecule has 0 aliphatic heterocycles. The van der Waals surface area contributed by atoms with E-state index in [1.54, 1.807) is 0 Å². The van der Waals surface area contributed by atoms with E-state index in [-0.39, 0.29) is 11.9 Å². The van der Waals surface area contributed by atoms with Crippen molar-refractivity contribution in [1.82, 2.24) is 5.32 Å². The maximum Gasteiger partial charge on any atom is 0.129 e. The average Bonchev–Trinajstić information content (AvgIpc) is 2.37. The summed E-state index contributed by atoms with van der Waals surface area (Å²) < 4.78 is 14.8. The molecule has 1 atom stereocenters. The van der Waals surface area contributed by atoms with Crippen molar-refractivity contribution in [2.45, 2.75) is 19.4 Å². The fraction of sp³-hybridized carbons (Fsp3) is 0.250. The Hall–Kier alpha value is -1.19. The van der Waals surface area contributed by atoms with Gasteiger partial charge in [-0.05, 0) is 38.1 Å². The molecule has 19 heavy (non-hydrogen) atoms. The fourth-order valence-electron chi connectivity index (χ4n) is 2.23. The molecule has 0 aromatic heterocycles. The van der Waals surface area contributed by atoms with Crippen LogP contribution >= 0.6 is 15.9 Å². The number of halogens is 2. The lowest BCUT2D eigenvalue weighted by Crippen LogP contribution is -2.20. The number of hydrogen-bond donors (Lipinski definition) is 1. The second-order valence-corrected chi connectivity index (χ2v) is 5.62. The third-order valence-electron chi connectivity index (χ3n) is 3.21. The highest BCUT2D eigenvalue weighted by Gasteiger charge is 2.14. The highest BCUT2D eigenvalue weighted by atomic mass is 79.9. The maximum absolute atomic E-state index is 14.0. The smallest absolute Gasteiger partial charge is 0.129 e. The number of hydrogen-bond acceptors (Lipinski definition) is 1. The van der Waals surface area contributed by atoms with Crippen LogP contribution in [0.2, 0.25) is 0 Å². The number of benzene rings is 2. The largest absolute Gasteiger partial charge is 0.313 e. The van der Waals surface area contributed by atoms with E-state index in [1.807, 2.05) is 25.2 Å². The van der Waals surface area contributed by atoms with Gasteiger partial charge in [0.05, 0.1) is 0 Å². The molecule has 2 aromatic carbocycles. The lowest BCUT2D eigenvalue weighted by atomic mass is 9.97. The summed E-state index contributed by atoms with van der Waals surface area (Å²) in [4.78, 5) is 0. The van der Waals surface area contributed by atoms with Crippen LogP contribution in [-0.4, -0.2) is 7.05 Å². The Bertz CT molecular complexity index is 568. The van der Waals surface area contributed by atoms with Gasteiger partial charge < -0.3 is 5.32 Å². The van der Waals surface area contributed by atoms with Gasteiger partial charge in [-0.3, -0.25) is 0 Å². The summed E-state index contributed by atoms with van der Waals surface area (Å²) in [5.41, 5.74) is 3.14. The lowest BCUT2D eigenvalue weighted by Gasteiger charge is -2.18. The van der Waals surface area contributed by atoms with Crippen LogP contribution in [-0.2, 0) is 6.42 Å². The normalized spacial score (nSPS) is 12.4. The number of likely N-dealkylation sites (N-methyl/N-ethyl adjacent to an activating group) is 1. The van der Waals surface area contributed by atoms with Gasteiger partial charge in [0.2, 0.25) is 0 Å². The van der Waals surface area contributed by atoms with Crippen LogP contribution in [0.4, 0.5) is 4.39 Å². The first-order chi connectivity index (χ1) is 9.10. The summed E-state index contributed by atoms with van der Waals surface area (Å²) in [6, 6.07) is 13.5. The topological polar surface area (TPSA) is 12.0 Å². The van der Waals surface area contributed by atoms with Crippen LogP contribution in [0.1, 0.15) is 22.7 Å². The molecule has 2 aromatic rings. The van der Waals surface area contributed by atoms with Crippen molar-refractivity contribution < 1.29 is 4.39 Å². The Balaban J connectivity index is 2.25. The molecule has 0 bridgehead atoms. The standard InChI is InChI=1S/C16H17BrFN/c1-11-4-3-5-12(8-11)9-16(19-2)14-7-6-13(17)10-15(14)18/h3-8,10,16,19H,9H2,1-2H3. The van der Waals surface area contributed by atoms with E-state index < -0.39 is 0 Å². The van der Waals surface area contributed by atoms with Crippen LogP contribution in [0.25, 0.3) is 0 Å². The molecule has 1 N–H and O–H groups in total. The zero-order valence-electron chi connectivity index (χ0n) is 11.1. The van der Waals surface area contributed by atoms with Crippen molar-refractivity contribution in [1.29, 1.82) is 0 Å². The first-order valence-electron chi connectivity index (χ1n) is 6.28. The van der Waals surface area contributed by atoms with E-state index in [2.05, 4.69) is 46.4 Å². The van der Waals surface area contributed by atoms with Crippen LogP contribution in [0, 0.1) is 12.7 Å². The minimum absolute atomic E-state index is 0.0186. The molecule has 1 nitrogen and oxygen atoms in total. The second kappa shape index (κ2) is 6.31. The molecular weight excluding hydrogens is 305 g/mol. The highest BCUT2D eigenvalue weighted by molar-refractivity contribution is 9.10. The highest BCUT2D eigenvalue weighted by Crippen LogP contribution is 2.24. The number of rotatable bonds is 4. The van der Waals surface area contributed by atoms with Crippen LogP contribution in [0.3, 0.4) is 0 Å². The molecule has 0 saturated carbocycles. The Kier molecular flexibility index (Phi) is 4.72. The van der Waals surface area contributed by atoms with Gasteiger partial charge in [0, 0.05) is 16.1 Å². The van der Waals surface area contributed by atoms with Crippen molar-refractivity contribution in [3.8, 4) is 0 Å². The van der Waals surface area contributed by atoms with Gasteiger partial charge in [-0.2, -0.15) is 0 Å². The molecule has 0 saturated heterocycles. The molecular formula is C16H17BrFN. The van der Waals surface area contributed by atoms with Gasteiger partial charge >= 0.3 is 0 Å². The predicted octanol–water partition coefficient (Wildman–Crippen LogP) is 4.40. The third-order valence-corrected chi connectivity index (χ3v) is 3.70. The minimum Gasteiger partial charge on any atom is -0.313 e. The quantitative estimate of drug-likeness (QED) is 0.880. The average molecular weight is 322 g/mol. The summed E-state index contributed by atoms with van der Waals surface area (Å²) in [6.45, 7) is 2.07. The number of aryl methyl sites for hydroxylation is 1. The molecule has 2 rings (SSSR count). The van der Waals surface area contributed by atoms with E-state index in [1.165, 1.54) is 17.2 Å². The van der Waals surface area contributed by atoms with Crippen molar-refractivity contribution in [3.63, 3.8) is 0 Å². The minimum atomic E-state index is -0.179. The van der Waals surface area contributed by atoms with Crippen molar-refractivity contribution in [2.24, 2.45) is 0 Å². The molecule has 0 aliphatic carbocycles. The summed E-state index contributed by atoms with van der Waals surface area (Å²) in [5.74, 6) is -0.179. The maximum atomic E-state index is 14.0. The number of nitrogens with one attached hydrogen (secondary N) is 1. The van der Waals surface area contributed by atoms with Gasteiger partial charge in [-0.25, -0.2) is 4.39 Å². The summed E-state index contributed by atoms with van der Waals surface area (Å²) in [7, 11) is 1.86. The Morgan fingerprint density at radius 2 is 2.00 bits per heavy atom. The molecule has 0 amide bonds. The van der Waals surface area contributed by atoms with Crippen LogP contribution in [0.15, 0.2) is 46.9 Å². The molecule has 1 unspecified atom stereocenters. The molecule has 0 radical (unpaired) electrons. The van der Waals surface area contributed by atoms with E-state index in [0.717, 1.165) is 10.9 Å². The zero-order chi connectivity index (χ0) is 13.8. The van der Waals surface area contributed by atoms with E-state index in [9.17, 15) is 4.39 Å². The third kappa shape index (κ3) is 3.64. The summed E-state index contributed by atoms with van der Waals surface area (Å²) >= 11 is 3.28. The van der Waals surface area contributed by atoms with Crippen LogP contribution in [0.5, 0.6) is 0 Å². The molecule has 3 heteroatoms. The lowest BCUT2D eigenvalue weighted by molar-refractivity contribution is 0.533. The van der Waals surface area contributed by atoms with Crippen molar-refractivity contribution in [2.75, 3.05) is 7.05 Å². The van der Waals surface area contributed by atoms with Gasteiger partial charge in [-0.1, -0.05) is 51.8 Å². The van der Waals surface area contributed by atoms with Crippen molar-refractivity contribution >= 4 is 15.9 Å². The summed E-state index contributed by atoms with van der Waals surface area (Å²) in [6.07, 6.45) is 0.775. The Morgan fingerprint density at radius 3 is 2.63 bits per heavy atom. The first-order valence-corrected chi connectivity index (χ1v) is 7.07. The monoisotopic (exact) mass is 321 g/mol. The Labute approximate surface area is 122 Å². The van der Waals surface area contributed by atoms with E-state index >= 15 is 0 Å². The van der Waals surface area contributed by atoms with Crippen molar-refractivity contribution in [3.05, 3.63) is 69.4 Å². The van der Waals surface area contributed by atoms with E-state index in [4.69, 9.17) is 0 Å². The van der Waals surface area contributed by atoms with Gasteiger partial charge in [0.15, 0.2) is 0 Å². The Morgan fingerprint density at radius 1 is 1.21 bits per heavy atom. The predicted molar refractivity (Wildman–Crippen MR) is 80.8 cm³/mol. The van der Waals surface area contributed by atoms with E-state index in [0.29, 0.717) is 5.56 Å². The summed E-state index contributed by atoms with van der Waals surface area (Å²) in [5, 5.41) is 3.19. The fourth-order valence-corrected chi connectivity index (χ4v) is 2.56. The van der Waals surface area contributed by atoms with Gasteiger partial charge in [0.25, 0.3) is 0 Å². The molecule has 0 aliphatic rings. The molecule has 100 valence electrons. The second-order valence-electron chi connectivity index (χ2n) is 4.70. The SMILES string of the molecule is CNC(Cc1cccc(C)c1)c1ccc(Br)cc1F. The molecule has 0 fully saturated rings. The first kappa shape index (κ1) is 14.2. The van der Waals surface area contributed by atoms with Gasteiger partial charge in [-0.15, -0.1) is 0 Å².